The highest BCUT2D eigenvalue weighted by Crippen LogP contribution is 2.14. The maximum atomic E-state index is 11.5. The van der Waals surface area contributed by atoms with Gasteiger partial charge >= 0.3 is 0 Å². The number of nitrogens with one attached hydrogen (secondary N) is 1. The van der Waals surface area contributed by atoms with Crippen molar-refractivity contribution in [3.63, 3.8) is 0 Å². The molecule has 1 N–H and O–H groups in total. The Labute approximate surface area is 94.8 Å². The van der Waals surface area contributed by atoms with Crippen LogP contribution in [0.4, 0.5) is 0 Å². The van der Waals surface area contributed by atoms with Crippen molar-refractivity contribution in [2.24, 2.45) is 0 Å². The van der Waals surface area contributed by atoms with Gasteiger partial charge in [-0.1, -0.05) is 6.07 Å². The van der Waals surface area contributed by atoms with Crippen molar-refractivity contribution in [2.75, 3.05) is 6.54 Å². The molecule has 0 saturated heterocycles. The van der Waals surface area contributed by atoms with Gasteiger partial charge < -0.3 is 10.1 Å². The van der Waals surface area contributed by atoms with E-state index in [1.807, 2.05) is 19.9 Å². The first kappa shape index (κ1) is 12.1. The average Bonchev–Trinajstić information content (AvgIpc) is 2.25. The second kappa shape index (κ2) is 5.76. The van der Waals surface area contributed by atoms with E-state index in [1.165, 1.54) is 0 Å². The third-order valence-electron chi connectivity index (χ3n) is 1.80. The minimum absolute atomic E-state index is 0.00803. The molecular weight excluding hydrogens is 204 g/mol. The number of rotatable bonds is 4. The normalized spacial score (nSPS) is 9.62. The van der Waals surface area contributed by atoms with Gasteiger partial charge in [0.15, 0.2) is 0 Å². The van der Waals surface area contributed by atoms with E-state index in [4.69, 9.17) is 10.00 Å². The zero-order chi connectivity index (χ0) is 12.0. The molecule has 0 atom stereocenters. The van der Waals surface area contributed by atoms with Gasteiger partial charge in [-0.15, -0.1) is 0 Å². The monoisotopic (exact) mass is 218 g/mol. The van der Waals surface area contributed by atoms with Gasteiger partial charge in [-0.2, -0.15) is 5.26 Å². The van der Waals surface area contributed by atoms with Crippen LogP contribution in [0.5, 0.6) is 5.75 Å². The number of carbonyl (C=O) groups excluding carboxylic acids is 1. The standard InChI is InChI=1S/C12H14N2O2/c1-9(2)16-11-5-3-4-10(8-11)12(15)14-7-6-13/h3-5,8-9H,7H2,1-2H3,(H,14,15). The predicted molar refractivity (Wildman–Crippen MR) is 60.2 cm³/mol. The summed E-state index contributed by atoms with van der Waals surface area (Å²) < 4.78 is 5.46. The molecular formula is C12H14N2O2. The summed E-state index contributed by atoms with van der Waals surface area (Å²) in [5, 5.41) is 10.8. The van der Waals surface area contributed by atoms with Crippen molar-refractivity contribution >= 4 is 5.91 Å². The second-order valence-electron chi connectivity index (χ2n) is 3.54. The molecule has 4 nitrogen and oxygen atoms in total. The number of nitriles is 1. The third kappa shape index (κ3) is 3.62. The van der Waals surface area contributed by atoms with Gasteiger partial charge in [-0.05, 0) is 32.0 Å². The fourth-order valence-electron chi connectivity index (χ4n) is 1.20. The van der Waals surface area contributed by atoms with E-state index in [0.29, 0.717) is 11.3 Å². The van der Waals surface area contributed by atoms with Gasteiger partial charge in [0.1, 0.15) is 12.3 Å². The first-order valence-corrected chi connectivity index (χ1v) is 5.05. The van der Waals surface area contributed by atoms with Crippen LogP contribution in [0.3, 0.4) is 0 Å². The molecule has 0 aliphatic carbocycles. The lowest BCUT2D eigenvalue weighted by Crippen LogP contribution is -2.23. The Kier molecular flexibility index (Phi) is 4.34. The molecule has 4 heteroatoms. The first-order valence-electron chi connectivity index (χ1n) is 5.05. The van der Waals surface area contributed by atoms with Crippen molar-refractivity contribution in [2.45, 2.75) is 20.0 Å². The smallest absolute Gasteiger partial charge is 0.252 e. The largest absolute Gasteiger partial charge is 0.491 e. The van der Waals surface area contributed by atoms with Crippen molar-refractivity contribution in [3.05, 3.63) is 29.8 Å². The Morgan fingerprint density at radius 3 is 2.94 bits per heavy atom. The van der Waals surface area contributed by atoms with Crippen LogP contribution >= 0.6 is 0 Å². The third-order valence-corrected chi connectivity index (χ3v) is 1.80. The number of benzene rings is 1. The first-order chi connectivity index (χ1) is 7.63. The molecule has 1 aromatic rings. The number of hydrogen-bond donors (Lipinski definition) is 1. The Balaban J connectivity index is 2.74. The van der Waals surface area contributed by atoms with E-state index < -0.39 is 0 Å². The quantitative estimate of drug-likeness (QED) is 0.783. The minimum Gasteiger partial charge on any atom is -0.491 e. The van der Waals surface area contributed by atoms with Gasteiger partial charge in [-0.3, -0.25) is 4.79 Å². The molecule has 0 bridgehead atoms. The van der Waals surface area contributed by atoms with Crippen molar-refractivity contribution < 1.29 is 9.53 Å². The molecule has 16 heavy (non-hydrogen) atoms. The topological polar surface area (TPSA) is 62.1 Å². The highest BCUT2D eigenvalue weighted by molar-refractivity contribution is 5.94. The number of nitrogens with zero attached hydrogens (tertiary/aromatic N) is 1. The lowest BCUT2D eigenvalue weighted by atomic mass is 10.2. The van der Waals surface area contributed by atoms with Crippen LogP contribution in [-0.4, -0.2) is 18.6 Å². The molecule has 0 saturated carbocycles. The summed E-state index contributed by atoms with van der Waals surface area (Å²) >= 11 is 0. The average molecular weight is 218 g/mol. The van der Waals surface area contributed by atoms with Gasteiger partial charge in [0.05, 0.1) is 12.2 Å². The van der Waals surface area contributed by atoms with E-state index in [1.54, 1.807) is 24.3 Å². The fraction of sp³-hybridized carbons (Fsp3) is 0.333. The molecule has 0 aromatic heterocycles. The van der Waals surface area contributed by atoms with Crippen LogP contribution in [0.2, 0.25) is 0 Å². The fourth-order valence-corrected chi connectivity index (χ4v) is 1.20. The summed E-state index contributed by atoms with van der Waals surface area (Å²) in [6.45, 7) is 3.85. The summed E-state index contributed by atoms with van der Waals surface area (Å²) in [6, 6.07) is 8.73. The lowest BCUT2D eigenvalue weighted by molar-refractivity contribution is 0.0957. The minimum atomic E-state index is -0.268. The number of ether oxygens (including phenoxy) is 1. The molecule has 0 unspecified atom stereocenters. The molecule has 84 valence electrons. The Hall–Kier alpha value is -2.02. The van der Waals surface area contributed by atoms with Crippen LogP contribution in [0.25, 0.3) is 0 Å². The summed E-state index contributed by atoms with van der Waals surface area (Å²) in [7, 11) is 0. The lowest BCUT2D eigenvalue weighted by Gasteiger charge is -2.10. The molecule has 0 spiro atoms. The summed E-state index contributed by atoms with van der Waals surface area (Å²) in [4.78, 5) is 11.5. The number of carbonyl (C=O) groups is 1. The van der Waals surface area contributed by atoms with Crippen LogP contribution < -0.4 is 10.1 Å². The Bertz CT molecular complexity index is 408. The molecule has 1 amide bonds. The van der Waals surface area contributed by atoms with Crippen LogP contribution in [0.15, 0.2) is 24.3 Å². The number of amides is 1. The molecule has 0 aliphatic heterocycles. The predicted octanol–water partition coefficient (Wildman–Crippen LogP) is 1.73. The van der Waals surface area contributed by atoms with Crippen LogP contribution in [-0.2, 0) is 0 Å². The highest BCUT2D eigenvalue weighted by atomic mass is 16.5. The Morgan fingerprint density at radius 2 is 2.31 bits per heavy atom. The van der Waals surface area contributed by atoms with E-state index in [9.17, 15) is 4.79 Å². The zero-order valence-electron chi connectivity index (χ0n) is 9.36. The van der Waals surface area contributed by atoms with E-state index in [0.717, 1.165) is 0 Å². The maximum Gasteiger partial charge on any atom is 0.252 e. The van der Waals surface area contributed by atoms with E-state index in [-0.39, 0.29) is 18.6 Å². The second-order valence-corrected chi connectivity index (χ2v) is 3.54. The van der Waals surface area contributed by atoms with Gasteiger partial charge in [0, 0.05) is 5.56 Å². The van der Waals surface area contributed by atoms with E-state index in [2.05, 4.69) is 5.32 Å². The van der Waals surface area contributed by atoms with Crippen molar-refractivity contribution in [1.82, 2.24) is 5.32 Å². The van der Waals surface area contributed by atoms with Gasteiger partial charge in [0.2, 0.25) is 0 Å². The molecule has 0 aliphatic rings. The van der Waals surface area contributed by atoms with Gasteiger partial charge in [0.25, 0.3) is 5.91 Å². The Morgan fingerprint density at radius 1 is 1.56 bits per heavy atom. The van der Waals surface area contributed by atoms with Crippen LogP contribution in [0, 0.1) is 11.3 Å². The summed E-state index contributed by atoms with van der Waals surface area (Å²) in [5.41, 5.74) is 0.494. The molecule has 0 heterocycles. The highest BCUT2D eigenvalue weighted by Gasteiger charge is 2.06. The van der Waals surface area contributed by atoms with Crippen LogP contribution in [0.1, 0.15) is 24.2 Å². The van der Waals surface area contributed by atoms with Gasteiger partial charge in [-0.25, -0.2) is 0 Å². The maximum absolute atomic E-state index is 11.5. The number of hydrogen-bond acceptors (Lipinski definition) is 3. The summed E-state index contributed by atoms with van der Waals surface area (Å²) in [6.07, 6.45) is 0.0671. The summed E-state index contributed by atoms with van der Waals surface area (Å²) in [5.74, 6) is 0.385. The SMILES string of the molecule is CC(C)Oc1cccc(C(=O)NCC#N)c1. The molecule has 0 fully saturated rings. The molecule has 0 radical (unpaired) electrons. The zero-order valence-corrected chi connectivity index (χ0v) is 9.36. The molecule has 1 rings (SSSR count). The van der Waals surface area contributed by atoms with Crippen molar-refractivity contribution in [3.8, 4) is 11.8 Å². The van der Waals surface area contributed by atoms with E-state index >= 15 is 0 Å². The molecule has 1 aromatic carbocycles. The van der Waals surface area contributed by atoms with Crippen molar-refractivity contribution in [1.29, 1.82) is 5.26 Å².